The third kappa shape index (κ3) is 5.51. The van der Waals surface area contributed by atoms with Crippen LogP contribution in [0.25, 0.3) is 27.5 Å². The second-order valence-corrected chi connectivity index (χ2v) is 11.0. The summed E-state index contributed by atoms with van der Waals surface area (Å²) < 4.78 is 1.73. The molecule has 210 valence electrons. The predicted octanol–water partition coefficient (Wildman–Crippen LogP) is 4.93. The Morgan fingerprint density at radius 1 is 1.15 bits per heavy atom. The summed E-state index contributed by atoms with van der Waals surface area (Å²) in [5.41, 5.74) is 3.52. The van der Waals surface area contributed by atoms with Crippen molar-refractivity contribution in [2.75, 3.05) is 31.6 Å². The minimum absolute atomic E-state index is 0.0467. The van der Waals surface area contributed by atoms with E-state index in [1.54, 1.807) is 29.1 Å². The summed E-state index contributed by atoms with van der Waals surface area (Å²) in [6.07, 6.45) is 6.65. The Hall–Kier alpha value is -3.63. The van der Waals surface area contributed by atoms with Gasteiger partial charge in [0.05, 0.1) is 28.0 Å². The first kappa shape index (κ1) is 27.9. The first-order valence-corrected chi connectivity index (χ1v) is 15.0. The highest BCUT2D eigenvalue weighted by atomic mass is 32.1. The summed E-state index contributed by atoms with van der Waals surface area (Å²) in [6.45, 7) is 9.16. The van der Waals surface area contributed by atoms with E-state index < -0.39 is 0 Å². The maximum atomic E-state index is 13.6. The Balaban J connectivity index is 1.52. The maximum absolute atomic E-state index is 13.6. The molecular formula is C30H37N7O2S. The molecule has 0 spiro atoms. The number of rotatable bonds is 12. The molecule has 1 unspecified atom stereocenters. The van der Waals surface area contributed by atoms with Crippen molar-refractivity contribution in [2.24, 2.45) is 0 Å². The number of aromatic nitrogens is 4. The standard InChI is InChI=1S/C30H37N7O2S/c1-5-21(35(6-2)7-3)10-11-26(38)20-17-24(33-28(18-20)36-14-13-25(36)30(39)31-4)22-19-32-37-15-12-23(34-29(22)37)27-9-8-16-40-27/h8-9,12,15-19,21,25H,5-7,10-11,13-14H2,1-4H3,(H,31,39)/t21?,25-/m0/s1. The van der Waals surface area contributed by atoms with Crippen molar-refractivity contribution in [3.63, 3.8) is 0 Å². The number of carbonyl (C=O) groups is 2. The van der Waals surface area contributed by atoms with Gasteiger partial charge >= 0.3 is 0 Å². The van der Waals surface area contributed by atoms with Crippen molar-refractivity contribution in [3.8, 4) is 21.8 Å². The number of hydrogen-bond acceptors (Lipinski definition) is 8. The topological polar surface area (TPSA) is 95.7 Å². The van der Waals surface area contributed by atoms with E-state index in [-0.39, 0.29) is 17.7 Å². The highest BCUT2D eigenvalue weighted by molar-refractivity contribution is 7.13. The first-order valence-electron chi connectivity index (χ1n) is 14.1. The number of fused-ring (bicyclic) bond motifs is 1. The van der Waals surface area contributed by atoms with Crippen LogP contribution >= 0.6 is 11.3 Å². The fourth-order valence-electron chi connectivity index (χ4n) is 5.50. The van der Waals surface area contributed by atoms with Gasteiger partial charge in [-0.2, -0.15) is 5.10 Å². The number of carbonyl (C=O) groups excluding carboxylic acids is 2. The van der Waals surface area contributed by atoms with Crippen molar-refractivity contribution in [1.29, 1.82) is 0 Å². The Labute approximate surface area is 239 Å². The van der Waals surface area contributed by atoms with E-state index in [4.69, 9.17) is 9.97 Å². The SMILES string of the molecule is CCC(CCC(=O)c1cc(-c2cnn3ccc(-c4cccs4)nc23)nc(N2CC[C@H]2C(=O)NC)c1)N(CC)CC. The molecule has 5 heterocycles. The van der Waals surface area contributed by atoms with E-state index in [1.165, 1.54) is 0 Å². The van der Waals surface area contributed by atoms with Crippen LogP contribution in [-0.4, -0.2) is 74.9 Å². The van der Waals surface area contributed by atoms with Crippen molar-refractivity contribution in [1.82, 2.24) is 29.8 Å². The molecule has 2 atom stereocenters. The number of Topliss-reactive ketones (excluding diaryl/α,β-unsaturated/α-hetero) is 1. The third-order valence-corrected chi connectivity index (χ3v) is 8.81. The predicted molar refractivity (Wildman–Crippen MR) is 160 cm³/mol. The molecule has 4 aromatic rings. The lowest BCUT2D eigenvalue weighted by Crippen LogP contribution is -2.56. The molecule has 0 bridgehead atoms. The second-order valence-electron chi connectivity index (χ2n) is 10.1. The van der Waals surface area contributed by atoms with Crippen LogP contribution in [0.1, 0.15) is 56.8 Å². The maximum Gasteiger partial charge on any atom is 0.242 e. The molecule has 1 fully saturated rings. The number of thiophene rings is 1. The van der Waals surface area contributed by atoms with Crippen LogP contribution in [0.3, 0.4) is 0 Å². The van der Waals surface area contributed by atoms with Gasteiger partial charge in [-0.3, -0.25) is 9.59 Å². The number of pyridine rings is 1. The van der Waals surface area contributed by atoms with Gasteiger partial charge in [0.2, 0.25) is 5.91 Å². The minimum atomic E-state index is -0.296. The number of nitrogens with zero attached hydrogens (tertiary/aromatic N) is 6. The fourth-order valence-corrected chi connectivity index (χ4v) is 6.20. The van der Waals surface area contributed by atoms with Crippen LogP contribution in [0, 0.1) is 0 Å². The van der Waals surface area contributed by atoms with Crippen molar-refractivity contribution >= 4 is 34.5 Å². The van der Waals surface area contributed by atoms with Gasteiger partial charge in [-0.15, -0.1) is 11.3 Å². The average Bonchev–Trinajstić information content (AvgIpc) is 3.64. The average molecular weight is 560 g/mol. The van der Waals surface area contributed by atoms with Crippen molar-refractivity contribution in [2.45, 2.75) is 58.5 Å². The molecule has 9 nitrogen and oxygen atoms in total. The van der Waals surface area contributed by atoms with E-state index in [1.807, 2.05) is 46.8 Å². The summed E-state index contributed by atoms with van der Waals surface area (Å²) in [4.78, 5) is 41.4. The zero-order valence-electron chi connectivity index (χ0n) is 23.6. The summed E-state index contributed by atoms with van der Waals surface area (Å²) in [7, 11) is 1.65. The summed E-state index contributed by atoms with van der Waals surface area (Å²) in [5.74, 6) is 0.663. The van der Waals surface area contributed by atoms with E-state index in [0.29, 0.717) is 41.7 Å². The van der Waals surface area contributed by atoms with E-state index in [9.17, 15) is 9.59 Å². The molecule has 5 rings (SSSR count). The molecule has 10 heteroatoms. The number of ketones is 1. The second kappa shape index (κ2) is 12.3. The Morgan fingerprint density at radius 2 is 1.98 bits per heavy atom. The summed E-state index contributed by atoms with van der Waals surface area (Å²) in [6, 6.07) is 9.76. The molecule has 1 aliphatic rings. The zero-order valence-corrected chi connectivity index (χ0v) is 24.4. The molecule has 1 N–H and O–H groups in total. The Morgan fingerprint density at radius 3 is 2.62 bits per heavy atom. The summed E-state index contributed by atoms with van der Waals surface area (Å²) in [5, 5.41) is 9.29. The van der Waals surface area contributed by atoms with Crippen molar-refractivity contribution < 1.29 is 9.59 Å². The molecule has 1 amide bonds. The van der Waals surface area contributed by atoms with E-state index in [2.05, 4.69) is 36.1 Å². The highest BCUT2D eigenvalue weighted by Gasteiger charge is 2.35. The molecule has 4 aromatic heterocycles. The van der Waals surface area contributed by atoms with Gasteiger partial charge in [-0.25, -0.2) is 14.5 Å². The summed E-state index contributed by atoms with van der Waals surface area (Å²) >= 11 is 1.63. The van der Waals surface area contributed by atoms with Gasteiger partial charge in [0, 0.05) is 37.8 Å². The lowest BCUT2D eigenvalue weighted by Gasteiger charge is -2.40. The van der Waals surface area contributed by atoms with Gasteiger partial charge in [0.15, 0.2) is 11.4 Å². The quantitative estimate of drug-likeness (QED) is 0.246. The van der Waals surface area contributed by atoms with Gasteiger partial charge < -0.3 is 15.1 Å². The number of amides is 1. The number of anilines is 1. The largest absolute Gasteiger partial charge is 0.357 e. The van der Waals surface area contributed by atoms with Crippen LogP contribution in [0.4, 0.5) is 5.82 Å². The normalized spacial score (nSPS) is 15.8. The molecule has 1 aliphatic heterocycles. The lowest BCUT2D eigenvalue weighted by molar-refractivity contribution is -0.123. The van der Waals surface area contributed by atoms with Crippen LogP contribution in [0.5, 0.6) is 0 Å². The lowest BCUT2D eigenvalue weighted by atomic mass is 9.98. The zero-order chi connectivity index (χ0) is 28.2. The highest BCUT2D eigenvalue weighted by Crippen LogP contribution is 2.32. The number of likely N-dealkylation sites (N-methyl/N-ethyl adjacent to an activating group) is 1. The molecule has 1 saturated heterocycles. The van der Waals surface area contributed by atoms with E-state index in [0.717, 1.165) is 48.5 Å². The van der Waals surface area contributed by atoms with Crippen LogP contribution in [0.15, 0.2) is 48.1 Å². The van der Waals surface area contributed by atoms with E-state index >= 15 is 0 Å². The fraction of sp³-hybridized carbons (Fsp3) is 0.433. The monoisotopic (exact) mass is 559 g/mol. The third-order valence-electron chi connectivity index (χ3n) is 7.92. The van der Waals surface area contributed by atoms with Gasteiger partial charge in [-0.1, -0.05) is 26.8 Å². The smallest absolute Gasteiger partial charge is 0.242 e. The number of nitrogens with one attached hydrogen (secondary N) is 1. The van der Waals surface area contributed by atoms with Gasteiger partial charge in [0.25, 0.3) is 0 Å². The minimum Gasteiger partial charge on any atom is -0.357 e. The van der Waals surface area contributed by atoms with Crippen molar-refractivity contribution in [3.05, 3.63) is 53.7 Å². The van der Waals surface area contributed by atoms with Crippen LogP contribution in [-0.2, 0) is 4.79 Å². The Bertz CT molecular complexity index is 1480. The van der Waals surface area contributed by atoms with Crippen LogP contribution in [0.2, 0.25) is 0 Å². The molecule has 0 radical (unpaired) electrons. The Kier molecular flexibility index (Phi) is 8.56. The van der Waals surface area contributed by atoms with Gasteiger partial charge in [-0.05, 0) is 62.0 Å². The molecule has 40 heavy (non-hydrogen) atoms. The van der Waals surface area contributed by atoms with Crippen LogP contribution < -0.4 is 10.2 Å². The molecule has 0 saturated carbocycles. The first-order chi connectivity index (χ1) is 19.5. The van der Waals surface area contributed by atoms with Gasteiger partial charge in [0.1, 0.15) is 11.9 Å². The molecular weight excluding hydrogens is 522 g/mol. The molecule has 0 aliphatic carbocycles. The molecule has 0 aromatic carbocycles. The number of hydrogen-bond donors (Lipinski definition) is 1.